The highest BCUT2D eigenvalue weighted by atomic mass is 19.2. The van der Waals surface area contributed by atoms with Gasteiger partial charge in [-0.3, -0.25) is 4.79 Å². The maximum atomic E-state index is 13.8. The molecule has 5 heteroatoms. The molecule has 1 amide bonds. The SMILES string of the molecule is COCCC1(C(=O)N[C@@H]2C[C@H]2c2cccc(F)c2F)CCC1. The van der Waals surface area contributed by atoms with E-state index in [0.717, 1.165) is 31.7 Å². The minimum Gasteiger partial charge on any atom is -0.385 e. The Balaban J connectivity index is 1.61. The Morgan fingerprint density at radius 2 is 2.18 bits per heavy atom. The molecule has 1 aromatic carbocycles. The number of halogens is 2. The second kappa shape index (κ2) is 5.95. The number of carbonyl (C=O) groups excluding carboxylic acids is 1. The van der Waals surface area contributed by atoms with E-state index in [9.17, 15) is 13.6 Å². The van der Waals surface area contributed by atoms with Crippen LogP contribution >= 0.6 is 0 Å². The lowest BCUT2D eigenvalue weighted by molar-refractivity contribution is -0.137. The van der Waals surface area contributed by atoms with Gasteiger partial charge in [0.2, 0.25) is 5.91 Å². The first-order valence-corrected chi connectivity index (χ1v) is 7.81. The largest absolute Gasteiger partial charge is 0.385 e. The van der Waals surface area contributed by atoms with E-state index in [1.807, 2.05) is 0 Å². The molecule has 3 rings (SSSR count). The van der Waals surface area contributed by atoms with E-state index in [1.165, 1.54) is 6.07 Å². The number of carbonyl (C=O) groups is 1. The van der Waals surface area contributed by atoms with Gasteiger partial charge in [0.15, 0.2) is 11.6 Å². The average Bonchev–Trinajstić information content (AvgIpc) is 3.20. The molecule has 0 unspecified atom stereocenters. The van der Waals surface area contributed by atoms with Gasteiger partial charge in [-0.2, -0.15) is 0 Å². The molecule has 0 radical (unpaired) electrons. The highest BCUT2D eigenvalue weighted by Gasteiger charge is 2.48. The van der Waals surface area contributed by atoms with Crippen LogP contribution in [0.2, 0.25) is 0 Å². The summed E-state index contributed by atoms with van der Waals surface area (Å²) in [6.45, 7) is 0.569. The number of methoxy groups -OCH3 is 1. The molecule has 2 fully saturated rings. The van der Waals surface area contributed by atoms with Crippen molar-refractivity contribution in [2.45, 2.75) is 44.1 Å². The second-order valence-electron chi connectivity index (χ2n) is 6.44. The summed E-state index contributed by atoms with van der Waals surface area (Å²) >= 11 is 0. The number of hydrogen-bond donors (Lipinski definition) is 1. The summed E-state index contributed by atoms with van der Waals surface area (Å²) in [7, 11) is 1.63. The zero-order valence-corrected chi connectivity index (χ0v) is 12.7. The van der Waals surface area contributed by atoms with Crippen LogP contribution in [-0.2, 0) is 9.53 Å². The molecular formula is C17H21F2NO2. The van der Waals surface area contributed by atoms with Gasteiger partial charge in [0.1, 0.15) is 0 Å². The summed E-state index contributed by atoms with van der Waals surface area (Å²) in [4.78, 5) is 12.5. The fraction of sp³-hybridized carbons (Fsp3) is 0.588. The summed E-state index contributed by atoms with van der Waals surface area (Å²) in [5.74, 6) is -1.69. The van der Waals surface area contributed by atoms with Crippen LogP contribution in [0.4, 0.5) is 8.78 Å². The van der Waals surface area contributed by atoms with Crippen molar-refractivity contribution >= 4 is 5.91 Å². The number of benzene rings is 1. The van der Waals surface area contributed by atoms with Gasteiger partial charge in [-0.1, -0.05) is 18.6 Å². The van der Waals surface area contributed by atoms with E-state index < -0.39 is 11.6 Å². The van der Waals surface area contributed by atoms with Crippen molar-refractivity contribution in [2.75, 3.05) is 13.7 Å². The molecule has 22 heavy (non-hydrogen) atoms. The third kappa shape index (κ3) is 2.74. The van der Waals surface area contributed by atoms with Crippen molar-refractivity contribution < 1.29 is 18.3 Å². The number of rotatable bonds is 6. The van der Waals surface area contributed by atoms with E-state index in [-0.39, 0.29) is 23.3 Å². The Morgan fingerprint density at radius 3 is 2.82 bits per heavy atom. The summed E-state index contributed by atoms with van der Waals surface area (Å²) in [6, 6.07) is 4.14. The molecule has 2 saturated carbocycles. The predicted octanol–water partition coefficient (Wildman–Crippen LogP) is 3.14. The minimum absolute atomic E-state index is 0.0418. The molecule has 0 heterocycles. The van der Waals surface area contributed by atoms with Crippen molar-refractivity contribution in [3.8, 4) is 0 Å². The Morgan fingerprint density at radius 1 is 1.41 bits per heavy atom. The molecule has 1 N–H and O–H groups in total. The molecular weight excluding hydrogens is 288 g/mol. The molecule has 3 nitrogen and oxygen atoms in total. The molecule has 2 atom stereocenters. The summed E-state index contributed by atoms with van der Waals surface area (Å²) in [5.41, 5.74) is 0.0498. The van der Waals surface area contributed by atoms with Crippen LogP contribution < -0.4 is 5.32 Å². The molecule has 2 aliphatic rings. The fourth-order valence-electron chi connectivity index (χ4n) is 3.32. The number of hydrogen-bond acceptors (Lipinski definition) is 2. The Labute approximate surface area is 129 Å². The maximum Gasteiger partial charge on any atom is 0.226 e. The van der Waals surface area contributed by atoms with Crippen LogP contribution in [0.3, 0.4) is 0 Å². The molecule has 0 bridgehead atoms. The highest BCUT2D eigenvalue weighted by Crippen LogP contribution is 2.47. The van der Waals surface area contributed by atoms with Crippen LogP contribution in [0.25, 0.3) is 0 Å². The van der Waals surface area contributed by atoms with Crippen LogP contribution in [0, 0.1) is 17.0 Å². The van der Waals surface area contributed by atoms with Gasteiger partial charge in [-0.15, -0.1) is 0 Å². The second-order valence-corrected chi connectivity index (χ2v) is 6.44. The summed E-state index contributed by atoms with van der Waals surface area (Å²) in [6.07, 6.45) is 4.22. The van der Waals surface area contributed by atoms with Gasteiger partial charge in [0, 0.05) is 25.7 Å². The van der Waals surface area contributed by atoms with Crippen molar-refractivity contribution in [2.24, 2.45) is 5.41 Å². The lowest BCUT2D eigenvalue weighted by Crippen LogP contribution is -2.47. The zero-order valence-electron chi connectivity index (χ0n) is 12.7. The van der Waals surface area contributed by atoms with Crippen LogP contribution in [0.1, 0.15) is 43.6 Å². The first kappa shape index (κ1) is 15.4. The molecule has 2 aliphatic carbocycles. The van der Waals surface area contributed by atoms with E-state index in [0.29, 0.717) is 18.6 Å². The Bertz CT molecular complexity index is 572. The van der Waals surface area contributed by atoms with E-state index >= 15 is 0 Å². The summed E-state index contributed by atoms with van der Waals surface area (Å²) in [5, 5.41) is 3.02. The molecule has 0 saturated heterocycles. The van der Waals surface area contributed by atoms with E-state index in [4.69, 9.17) is 4.74 Å². The van der Waals surface area contributed by atoms with Gasteiger partial charge in [0.05, 0.1) is 5.41 Å². The van der Waals surface area contributed by atoms with Gasteiger partial charge in [0.25, 0.3) is 0 Å². The van der Waals surface area contributed by atoms with Crippen molar-refractivity contribution in [1.82, 2.24) is 5.32 Å². The predicted molar refractivity (Wildman–Crippen MR) is 78.4 cm³/mol. The topological polar surface area (TPSA) is 38.3 Å². The molecule has 0 aliphatic heterocycles. The van der Waals surface area contributed by atoms with Gasteiger partial charge in [-0.05, 0) is 37.3 Å². The van der Waals surface area contributed by atoms with Gasteiger partial charge < -0.3 is 10.1 Å². The standard InChI is InChI=1S/C17H21F2NO2/c1-22-9-8-17(6-3-7-17)16(21)20-14-10-12(14)11-4-2-5-13(18)15(11)19/h2,4-5,12,14H,3,6-10H2,1H3,(H,20,21)/t12-,14+/m0/s1. The minimum atomic E-state index is -0.829. The first-order chi connectivity index (χ1) is 10.6. The van der Waals surface area contributed by atoms with Crippen LogP contribution in [0.15, 0.2) is 18.2 Å². The Kier molecular flexibility index (Phi) is 4.17. The first-order valence-electron chi connectivity index (χ1n) is 7.81. The molecule has 0 aromatic heterocycles. The maximum absolute atomic E-state index is 13.8. The van der Waals surface area contributed by atoms with Gasteiger partial charge in [-0.25, -0.2) is 8.78 Å². The average molecular weight is 309 g/mol. The summed E-state index contributed by atoms with van der Waals surface area (Å²) < 4.78 is 32.1. The van der Waals surface area contributed by atoms with E-state index in [2.05, 4.69) is 5.32 Å². The smallest absolute Gasteiger partial charge is 0.226 e. The third-order valence-electron chi connectivity index (χ3n) is 5.06. The lowest BCUT2D eigenvalue weighted by atomic mass is 9.66. The molecule has 1 aromatic rings. The normalized spacial score (nSPS) is 25.4. The Hall–Kier alpha value is -1.49. The van der Waals surface area contributed by atoms with Crippen molar-refractivity contribution in [3.05, 3.63) is 35.4 Å². The molecule has 0 spiro atoms. The fourth-order valence-corrected chi connectivity index (χ4v) is 3.32. The number of ether oxygens (including phenoxy) is 1. The van der Waals surface area contributed by atoms with Crippen molar-refractivity contribution in [3.63, 3.8) is 0 Å². The van der Waals surface area contributed by atoms with Gasteiger partial charge >= 0.3 is 0 Å². The molecule has 120 valence electrons. The van der Waals surface area contributed by atoms with E-state index in [1.54, 1.807) is 13.2 Å². The quantitative estimate of drug-likeness (QED) is 0.876. The third-order valence-corrected chi connectivity index (χ3v) is 5.06. The van der Waals surface area contributed by atoms with Crippen molar-refractivity contribution in [1.29, 1.82) is 0 Å². The number of amides is 1. The monoisotopic (exact) mass is 309 g/mol. The lowest BCUT2D eigenvalue weighted by Gasteiger charge is -2.40. The number of nitrogens with one attached hydrogen (secondary N) is 1. The zero-order chi connectivity index (χ0) is 15.7. The van der Waals surface area contributed by atoms with Crippen LogP contribution in [-0.4, -0.2) is 25.7 Å². The highest BCUT2D eigenvalue weighted by molar-refractivity contribution is 5.84. The van der Waals surface area contributed by atoms with Crippen LogP contribution in [0.5, 0.6) is 0 Å².